The lowest BCUT2D eigenvalue weighted by Gasteiger charge is -2.38. The summed E-state index contributed by atoms with van der Waals surface area (Å²) in [6.45, 7) is 3.65. The van der Waals surface area contributed by atoms with Crippen LogP contribution in [0.3, 0.4) is 0 Å². The Morgan fingerprint density at radius 3 is 2.57 bits per heavy atom. The molecule has 9 heteroatoms. The lowest BCUT2D eigenvalue weighted by Crippen LogP contribution is -2.46. The van der Waals surface area contributed by atoms with Crippen molar-refractivity contribution in [1.29, 1.82) is 0 Å². The smallest absolute Gasteiger partial charge is 0.293 e. The molecule has 5 rings (SSSR count). The van der Waals surface area contributed by atoms with Crippen molar-refractivity contribution < 1.29 is 4.79 Å². The summed E-state index contributed by atoms with van der Waals surface area (Å²) in [5, 5.41) is 4.13. The molecule has 3 aliphatic heterocycles. The SMILES string of the molecule is CN1CCc2nc3n(c(=O)c2C1)CCC31CCN(C(=O)c2ncn(C)n2)CC1. The van der Waals surface area contributed by atoms with Crippen molar-refractivity contribution in [2.24, 2.45) is 7.05 Å². The van der Waals surface area contributed by atoms with Crippen molar-refractivity contribution in [2.75, 3.05) is 26.7 Å². The molecule has 3 aliphatic rings. The minimum Gasteiger partial charge on any atom is -0.336 e. The minimum absolute atomic E-state index is 0.0914. The molecule has 9 nitrogen and oxygen atoms in total. The summed E-state index contributed by atoms with van der Waals surface area (Å²) in [5.41, 5.74) is 1.89. The van der Waals surface area contributed by atoms with Crippen LogP contribution in [-0.2, 0) is 32.0 Å². The van der Waals surface area contributed by atoms with Gasteiger partial charge in [-0.15, -0.1) is 5.10 Å². The molecule has 1 fully saturated rings. The van der Waals surface area contributed by atoms with Crippen LogP contribution in [0.4, 0.5) is 0 Å². The fourth-order valence-corrected chi connectivity index (χ4v) is 4.89. The standard InChI is InChI=1S/C19H25N7O2/c1-23-7-3-14-13(11-23)16(27)26-10-6-19(18(26)21-14)4-8-25(9-5-19)17(28)15-20-12-24(2)22-15/h12H,3-11H2,1-2H3. The van der Waals surface area contributed by atoms with E-state index in [2.05, 4.69) is 15.0 Å². The van der Waals surface area contributed by atoms with E-state index >= 15 is 0 Å². The molecule has 0 unspecified atom stereocenters. The minimum atomic E-state index is -0.118. The molecule has 2 aromatic heterocycles. The number of aryl methyl sites for hydroxylation is 1. The molecule has 0 N–H and O–H groups in total. The van der Waals surface area contributed by atoms with Gasteiger partial charge >= 0.3 is 0 Å². The highest BCUT2D eigenvalue weighted by Gasteiger charge is 2.45. The number of carbonyl (C=O) groups excluding carboxylic acids is 1. The van der Waals surface area contributed by atoms with E-state index in [1.165, 1.54) is 0 Å². The first-order valence-electron chi connectivity index (χ1n) is 9.93. The Bertz CT molecular complexity index is 1000. The summed E-state index contributed by atoms with van der Waals surface area (Å²) in [6, 6.07) is 0. The number of hydrogen-bond donors (Lipinski definition) is 0. The third-order valence-electron chi connectivity index (χ3n) is 6.59. The third kappa shape index (κ3) is 2.60. The van der Waals surface area contributed by atoms with Crippen LogP contribution < -0.4 is 5.56 Å². The van der Waals surface area contributed by atoms with E-state index in [1.54, 1.807) is 18.1 Å². The molecule has 0 saturated carbocycles. The van der Waals surface area contributed by atoms with Gasteiger partial charge in [0, 0.05) is 51.6 Å². The molecule has 1 saturated heterocycles. The summed E-state index contributed by atoms with van der Waals surface area (Å²) in [4.78, 5) is 38.8. The molecular formula is C19H25N7O2. The van der Waals surface area contributed by atoms with Gasteiger partial charge < -0.3 is 9.80 Å². The first-order valence-corrected chi connectivity index (χ1v) is 9.93. The van der Waals surface area contributed by atoms with E-state index in [0.717, 1.165) is 55.9 Å². The molecule has 0 aliphatic carbocycles. The van der Waals surface area contributed by atoms with Crippen molar-refractivity contribution in [3.05, 3.63) is 39.6 Å². The van der Waals surface area contributed by atoms with Gasteiger partial charge in [-0.3, -0.25) is 18.8 Å². The number of hydrogen-bond acceptors (Lipinski definition) is 6. The first kappa shape index (κ1) is 17.5. The Morgan fingerprint density at radius 2 is 1.86 bits per heavy atom. The summed E-state index contributed by atoms with van der Waals surface area (Å²) < 4.78 is 3.44. The molecule has 0 bridgehead atoms. The van der Waals surface area contributed by atoms with Crippen molar-refractivity contribution in [2.45, 2.75) is 44.2 Å². The van der Waals surface area contributed by atoms with E-state index in [-0.39, 0.29) is 22.7 Å². The van der Waals surface area contributed by atoms with Gasteiger partial charge in [0.05, 0.1) is 11.3 Å². The summed E-state index contributed by atoms with van der Waals surface area (Å²) in [7, 11) is 3.80. The molecule has 0 atom stereocenters. The summed E-state index contributed by atoms with van der Waals surface area (Å²) >= 11 is 0. The van der Waals surface area contributed by atoms with E-state index < -0.39 is 0 Å². The van der Waals surface area contributed by atoms with Crippen molar-refractivity contribution in [3.63, 3.8) is 0 Å². The Balaban J connectivity index is 1.40. The Hall–Kier alpha value is -2.55. The molecule has 28 heavy (non-hydrogen) atoms. The largest absolute Gasteiger partial charge is 0.336 e. The van der Waals surface area contributed by atoms with Gasteiger partial charge in [0.25, 0.3) is 11.5 Å². The molecule has 148 valence electrons. The van der Waals surface area contributed by atoms with Crippen LogP contribution in [0.15, 0.2) is 11.1 Å². The number of nitrogens with zero attached hydrogens (tertiary/aromatic N) is 7. The lowest BCUT2D eigenvalue weighted by atomic mass is 9.76. The molecule has 5 heterocycles. The second kappa shape index (κ2) is 6.23. The van der Waals surface area contributed by atoms with Crippen LogP contribution in [0.2, 0.25) is 0 Å². The van der Waals surface area contributed by atoms with Crippen LogP contribution in [0, 0.1) is 0 Å². The fraction of sp³-hybridized carbons (Fsp3) is 0.632. The maximum atomic E-state index is 13.0. The predicted octanol–water partition coefficient (Wildman–Crippen LogP) is -0.0626. The number of piperidine rings is 1. The van der Waals surface area contributed by atoms with Crippen molar-refractivity contribution in [3.8, 4) is 0 Å². The van der Waals surface area contributed by atoms with E-state index in [0.29, 0.717) is 19.6 Å². The molecule has 1 amide bonds. The van der Waals surface area contributed by atoms with Crippen molar-refractivity contribution in [1.82, 2.24) is 34.1 Å². The normalized spacial score (nSPS) is 21.0. The first-order chi connectivity index (χ1) is 13.5. The maximum Gasteiger partial charge on any atom is 0.293 e. The fourth-order valence-electron chi connectivity index (χ4n) is 4.89. The van der Waals surface area contributed by atoms with Gasteiger partial charge in [0.1, 0.15) is 12.2 Å². The van der Waals surface area contributed by atoms with E-state index in [9.17, 15) is 9.59 Å². The average molecular weight is 383 g/mol. The van der Waals surface area contributed by atoms with Gasteiger partial charge in [0.15, 0.2) is 0 Å². The van der Waals surface area contributed by atoms with Crippen LogP contribution in [0.5, 0.6) is 0 Å². The summed E-state index contributed by atoms with van der Waals surface area (Å²) in [5.74, 6) is 1.08. The topological polar surface area (TPSA) is 89.2 Å². The van der Waals surface area contributed by atoms with Crippen LogP contribution in [0.25, 0.3) is 0 Å². The molecule has 1 spiro atoms. The van der Waals surface area contributed by atoms with Crippen LogP contribution in [0.1, 0.15) is 47.0 Å². The van der Waals surface area contributed by atoms with Gasteiger partial charge in [-0.2, -0.15) is 0 Å². The number of fused-ring (bicyclic) bond motifs is 3. The second-order valence-electron chi connectivity index (χ2n) is 8.37. The number of carbonyl (C=O) groups is 1. The van der Waals surface area contributed by atoms with E-state index in [1.807, 2.05) is 16.5 Å². The third-order valence-corrected chi connectivity index (χ3v) is 6.59. The quantitative estimate of drug-likeness (QED) is 0.685. The van der Waals surface area contributed by atoms with Gasteiger partial charge in [-0.05, 0) is 26.3 Å². The average Bonchev–Trinajstić information content (AvgIpc) is 3.28. The highest BCUT2D eigenvalue weighted by Crippen LogP contribution is 2.42. The van der Waals surface area contributed by atoms with Crippen molar-refractivity contribution >= 4 is 5.91 Å². The monoisotopic (exact) mass is 383 g/mol. The Morgan fingerprint density at radius 1 is 1.11 bits per heavy atom. The summed E-state index contributed by atoms with van der Waals surface area (Å²) in [6.07, 6.45) is 4.97. The van der Waals surface area contributed by atoms with Gasteiger partial charge in [0.2, 0.25) is 5.82 Å². The van der Waals surface area contributed by atoms with Gasteiger partial charge in [-0.1, -0.05) is 0 Å². The number of likely N-dealkylation sites (N-methyl/N-ethyl adjacent to an activating group) is 1. The molecule has 0 radical (unpaired) electrons. The van der Waals surface area contributed by atoms with Crippen LogP contribution >= 0.6 is 0 Å². The zero-order valence-electron chi connectivity index (χ0n) is 16.4. The number of rotatable bonds is 1. The highest BCUT2D eigenvalue weighted by atomic mass is 16.2. The predicted molar refractivity (Wildman–Crippen MR) is 101 cm³/mol. The van der Waals surface area contributed by atoms with Gasteiger partial charge in [-0.25, -0.2) is 9.97 Å². The zero-order valence-corrected chi connectivity index (χ0v) is 16.4. The number of aromatic nitrogens is 5. The lowest BCUT2D eigenvalue weighted by molar-refractivity contribution is 0.0650. The Labute approximate surface area is 163 Å². The zero-order chi connectivity index (χ0) is 19.5. The number of amides is 1. The highest BCUT2D eigenvalue weighted by molar-refractivity contribution is 5.90. The maximum absolute atomic E-state index is 13.0. The number of likely N-dealkylation sites (tertiary alicyclic amines) is 1. The van der Waals surface area contributed by atoms with E-state index in [4.69, 9.17) is 4.98 Å². The molecular weight excluding hydrogens is 358 g/mol. The Kier molecular flexibility index (Phi) is 3.90. The second-order valence-corrected chi connectivity index (χ2v) is 8.37. The molecule has 2 aromatic rings. The van der Waals surface area contributed by atoms with Crippen LogP contribution in [-0.4, -0.2) is 66.7 Å². The molecule has 0 aromatic carbocycles.